The van der Waals surface area contributed by atoms with E-state index in [-0.39, 0.29) is 11.5 Å². The number of hydrogen-bond acceptors (Lipinski definition) is 7. The topological polar surface area (TPSA) is 117 Å². The third-order valence-electron chi connectivity index (χ3n) is 5.01. The summed E-state index contributed by atoms with van der Waals surface area (Å²) in [5, 5.41) is 5.77. The molecule has 10 heteroatoms. The van der Waals surface area contributed by atoms with E-state index < -0.39 is 0 Å². The molecular weight excluding hydrogens is 462 g/mol. The molecule has 0 aliphatic heterocycles. The molecule has 0 atom stereocenters. The van der Waals surface area contributed by atoms with Crippen molar-refractivity contribution < 1.29 is 9.32 Å². The average Bonchev–Trinajstić information content (AvgIpc) is 3.28. The molecule has 170 valence electrons. The van der Waals surface area contributed by atoms with Crippen LogP contribution in [0, 0.1) is 0 Å². The van der Waals surface area contributed by atoms with Crippen molar-refractivity contribution in [2.75, 3.05) is 0 Å². The zero-order valence-corrected chi connectivity index (χ0v) is 19.3. The van der Waals surface area contributed by atoms with Gasteiger partial charge in [0.15, 0.2) is 5.16 Å². The maximum Gasteiger partial charge on any atom is 0.262 e. The molecule has 0 aliphatic rings. The lowest BCUT2D eigenvalue weighted by atomic mass is 10.2. The van der Waals surface area contributed by atoms with E-state index in [1.807, 2.05) is 30.3 Å². The zero-order valence-electron chi connectivity index (χ0n) is 17.7. The fraction of sp³-hybridized carbons (Fsp3) is 0.261. The number of para-hydroxylation sites is 1. The predicted molar refractivity (Wildman–Crippen MR) is 128 cm³/mol. The van der Waals surface area contributed by atoms with Crippen molar-refractivity contribution in [1.82, 2.24) is 19.7 Å². The van der Waals surface area contributed by atoms with E-state index in [4.69, 9.17) is 26.8 Å². The number of nitrogens with zero attached hydrogens (tertiary/aromatic N) is 4. The number of fused-ring (bicyclic) bond motifs is 1. The van der Waals surface area contributed by atoms with Gasteiger partial charge in [-0.15, -0.1) is 0 Å². The molecule has 2 aromatic heterocycles. The molecule has 2 aromatic carbocycles. The van der Waals surface area contributed by atoms with Crippen molar-refractivity contribution in [3.05, 3.63) is 69.8 Å². The van der Waals surface area contributed by atoms with E-state index in [2.05, 4.69) is 10.1 Å². The smallest absolute Gasteiger partial charge is 0.262 e. The Kier molecular flexibility index (Phi) is 7.41. The number of nitrogens with two attached hydrogens (primary N) is 1. The van der Waals surface area contributed by atoms with Crippen molar-refractivity contribution in [2.24, 2.45) is 5.73 Å². The molecule has 0 bridgehead atoms. The Morgan fingerprint density at radius 1 is 1.09 bits per heavy atom. The lowest BCUT2D eigenvalue weighted by molar-refractivity contribution is -0.118. The Morgan fingerprint density at radius 3 is 2.76 bits per heavy atom. The zero-order chi connectivity index (χ0) is 23.2. The van der Waals surface area contributed by atoms with Crippen LogP contribution in [0.3, 0.4) is 0 Å². The molecule has 2 heterocycles. The maximum absolute atomic E-state index is 13.1. The molecule has 0 fully saturated rings. The molecule has 0 radical (unpaired) electrons. The number of thioether (sulfide) groups is 1. The summed E-state index contributed by atoms with van der Waals surface area (Å²) in [6.45, 7) is 0.495. The number of unbranched alkanes of at least 4 members (excludes halogenated alkanes) is 2. The molecule has 33 heavy (non-hydrogen) atoms. The number of rotatable bonds is 10. The highest BCUT2D eigenvalue weighted by Gasteiger charge is 2.14. The third-order valence-corrected chi connectivity index (χ3v) is 6.20. The molecule has 0 spiro atoms. The Labute approximate surface area is 199 Å². The van der Waals surface area contributed by atoms with Gasteiger partial charge >= 0.3 is 0 Å². The summed E-state index contributed by atoms with van der Waals surface area (Å²) in [7, 11) is 0. The van der Waals surface area contributed by atoms with Crippen molar-refractivity contribution in [3.63, 3.8) is 0 Å². The Balaban J connectivity index is 1.52. The SMILES string of the molecule is NC(=O)CCCCCn1c(SCc2nc(-c3cccc(Cl)c3)no2)nc2ccccc2c1=O. The first kappa shape index (κ1) is 23.0. The van der Waals surface area contributed by atoms with Gasteiger partial charge in [-0.2, -0.15) is 4.98 Å². The van der Waals surface area contributed by atoms with Crippen molar-refractivity contribution >= 4 is 40.2 Å². The van der Waals surface area contributed by atoms with Gasteiger partial charge in [0.25, 0.3) is 5.56 Å². The van der Waals surface area contributed by atoms with Crippen LogP contribution in [0.25, 0.3) is 22.3 Å². The minimum atomic E-state index is -0.313. The van der Waals surface area contributed by atoms with Gasteiger partial charge in [-0.25, -0.2) is 4.98 Å². The van der Waals surface area contributed by atoms with E-state index in [9.17, 15) is 9.59 Å². The van der Waals surface area contributed by atoms with Gasteiger partial charge in [-0.1, -0.05) is 59.2 Å². The number of carbonyl (C=O) groups excluding carboxylic acids is 1. The van der Waals surface area contributed by atoms with E-state index in [0.717, 1.165) is 18.4 Å². The van der Waals surface area contributed by atoms with Crippen LogP contribution in [0.5, 0.6) is 0 Å². The van der Waals surface area contributed by atoms with Crippen molar-refractivity contribution in [1.29, 1.82) is 0 Å². The van der Waals surface area contributed by atoms with Gasteiger partial charge in [-0.3, -0.25) is 14.2 Å². The summed E-state index contributed by atoms with van der Waals surface area (Å²) in [4.78, 5) is 33.2. The molecule has 4 aromatic rings. The molecule has 4 rings (SSSR count). The normalized spacial score (nSPS) is 11.2. The fourth-order valence-electron chi connectivity index (χ4n) is 3.39. The summed E-state index contributed by atoms with van der Waals surface area (Å²) in [5.41, 5.74) is 6.51. The number of benzene rings is 2. The van der Waals surface area contributed by atoms with Crippen molar-refractivity contribution in [2.45, 2.75) is 43.1 Å². The number of amides is 1. The molecule has 0 saturated carbocycles. The standard InChI is InChI=1S/C23H22ClN5O3S/c24-16-8-6-7-15(13-16)21-27-20(32-28-21)14-33-23-26-18-10-4-3-9-17(18)22(31)29(23)12-5-1-2-11-19(25)30/h3-4,6-10,13H,1-2,5,11-12,14H2,(H2,25,30). The van der Waals surface area contributed by atoms with Crippen LogP contribution in [0.15, 0.2) is 63.0 Å². The monoisotopic (exact) mass is 483 g/mol. The van der Waals surface area contributed by atoms with Crippen LogP contribution >= 0.6 is 23.4 Å². The van der Waals surface area contributed by atoms with Crippen LogP contribution < -0.4 is 11.3 Å². The first-order valence-corrected chi connectivity index (χ1v) is 11.9. The lowest BCUT2D eigenvalue weighted by Crippen LogP contribution is -2.23. The van der Waals surface area contributed by atoms with E-state index in [1.54, 1.807) is 22.8 Å². The van der Waals surface area contributed by atoms with E-state index in [1.165, 1.54) is 11.8 Å². The van der Waals surface area contributed by atoms with E-state index >= 15 is 0 Å². The minimum absolute atomic E-state index is 0.0943. The molecule has 8 nitrogen and oxygen atoms in total. The second-order valence-electron chi connectivity index (χ2n) is 7.46. The lowest BCUT2D eigenvalue weighted by Gasteiger charge is -2.12. The Bertz CT molecular complexity index is 1340. The summed E-state index contributed by atoms with van der Waals surface area (Å²) < 4.78 is 7.06. The minimum Gasteiger partial charge on any atom is -0.370 e. The highest BCUT2D eigenvalue weighted by Crippen LogP contribution is 2.25. The van der Waals surface area contributed by atoms with Crippen LogP contribution in [0.1, 0.15) is 31.6 Å². The van der Waals surface area contributed by atoms with Crippen molar-refractivity contribution in [3.8, 4) is 11.4 Å². The van der Waals surface area contributed by atoms with Crippen LogP contribution in [-0.4, -0.2) is 25.6 Å². The largest absolute Gasteiger partial charge is 0.370 e. The highest BCUT2D eigenvalue weighted by atomic mass is 35.5. The molecule has 0 saturated heterocycles. The highest BCUT2D eigenvalue weighted by molar-refractivity contribution is 7.98. The molecule has 1 amide bonds. The molecule has 0 unspecified atom stereocenters. The molecule has 0 aliphatic carbocycles. The summed E-state index contributed by atoms with van der Waals surface area (Å²) >= 11 is 7.41. The molecular formula is C23H22ClN5O3S. The average molecular weight is 484 g/mol. The van der Waals surface area contributed by atoms with Gasteiger partial charge in [0.1, 0.15) is 0 Å². The predicted octanol–water partition coefficient (Wildman–Crippen LogP) is 4.44. The summed E-state index contributed by atoms with van der Waals surface area (Å²) in [5.74, 6) is 0.921. The van der Waals surface area contributed by atoms with Crippen LogP contribution in [0.2, 0.25) is 5.02 Å². The fourth-order valence-corrected chi connectivity index (χ4v) is 4.44. The summed E-state index contributed by atoms with van der Waals surface area (Å²) in [6.07, 6.45) is 2.57. The van der Waals surface area contributed by atoms with Crippen LogP contribution in [0.4, 0.5) is 0 Å². The number of halogens is 1. The van der Waals surface area contributed by atoms with Gasteiger partial charge in [0, 0.05) is 23.6 Å². The summed E-state index contributed by atoms with van der Waals surface area (Å²) in [6, 6.07) is 14.5. The van der Waals surface area contributed by atoms with Gasteiger partial charge < -0.3 is 10.3 Å². The number of carbonyl (C=O) groups is 1. The quantitative estimate of drug-likeness (QED) is 0.201. The first-order chi connectivity index (χ1) is 16.0. The van der Waals surface area contributed by atoms with Crippen LogP contribution in [-0.2, 0) is 17.1 Å². The molecule has 2 N–H and O–H groups in total. The first-order valence-electron chi connectivity index (χ1n) is 10.5. The second kappa shape index (κ2) is 10.6. The third kappa shape index (κ3) is 5.80. The Morgan fingerprint density at radius 2 is 1.94 bits per heavy atom. The number of primary amides is 1. The van der Waals surface area contributed by atoms with Gasteiger partial charge in [0.2, 0.25) is 17.6 Å². The number of aromatic nitrogens is 4. The second-order valence-corrected chi connectivity index (χ2v) is 8.83. The number of hydrogen-bond donors (Lipinski definition) is 1. The maximum atomic E-state index is 13.1. The van der Waals surface area contributed by atoms with Gasteiger partial charge in [0.05, 0.1) is 16.7 Å². The van der Waals surface area contributed by atoms with Gasteiger partial charge in [-0.05, 0) is 37.1 Å². The van der Waals surface area contributed by atoms with E-state index in [0.29, 0.717) is 57.9 Å². The Hall–Kier alpha value is -3.17.